The minimum absolute atomic E-state index is 0.0895. The smallest absolute Gasteiger partial charge is 0.338 e. The van der Waals surface area contributed by atoms with Gasteiger partial charge in [0.05, 0.1) is 28.9 Å². The fraction of sp³-hybridized carbons (Fsp3) is 0.130. The molecule has 5 heteroatoms. The number of nitrogens with zero attached hydrogens (tertiary/aromatic N) is 2. The van der Waals surface area contributed by atoms with Crippen LogP contribution in [-0.2, 0) is 4.74 Å². The van der Waals surface area contributed by atoms with E-state index in [-0.39, 0.29) is 12.1 Å². The van der Waals surface area contributed by atoms with Crippen LogP contribution in [0.1, 0.15) is 10.4 Å². The van der Waals surface area contributed by atoms with Crippen molar-refractivity contribution in [3.63, 3.8) is 0 Å². The van der Waals surface area contributed by atoms with Crippen molar-refractivity contribution in [3.8, 4) is 11.1 Å². The first kappa shape index (κ1) is 17.0. The van der Waals surface area contributed by atoms with E-state index in [0.717, 1.165) is 21.8 Å². The van der Waals surface area contributed by atoms with Gasteiger partial charge in [0, 0.05) is 0 Å². The molecule has 0 saturated carbocycles. The molecule has 0 aliphatic carbocycles. The summed E-state index contributed by atoms with van der Waals surface area (Å²) in [5.41, 5.74) is 3.82. The Hall–Kier alpha value is -3.18. The lowest BCUT2D eigenvalue weighted by atomic mass is 10.0. The van der Waals surface area contributed by atoms with Crippen molar-refractivity contribution in [3.05, 3.63) is 84.4 Å². The van der Waals surface area contributed by atoms with Gasteiger partial charge in [0.1, 0.15) is 6.10 Å². The minimum atomic E-state index is -0.270. The molecule has 1 fully saturated rings. The molecule has 0 atom stereocenters. The number of fused-ring (bicyclic) bond motifs is 1. The summed E-state index contributed by atoms with van der Waals surface area (Å²) in [5, 5.41) is 0.987. The SMILES string of the molecule is O=C(OC1CN(c2nc3ccccc3s2)C1)c1ccc(-c2ccccc2)cc1. The topological polar surface area (TPSA) is 42.4 Å². The van der Waals surface area contributed by atoms with Crippen molar-refractivity contribution in [1.82, 2.24) is 4.98 Å². The summed E-state index contributed by atoms with van der Waals surface area (Å²) in [6, 6.07) is 25.8. The zero-order chi connectivity index (χ0) is 18.9. The molecule has 5 rings (SSSR count). The van der Waals surface area contributed by atoms with E-state index in [1.165, 1.54) is 4.70 Å². The number of rotatable bonds is 4. The number of anilines is 1. The zero-order valence-corrected chi connectivity index (χ0v) is 15.9. The van der Waals surface area contributed by atoms with Gasteiger partial charge >= 0.3 is 5.97 Å². The summed E-state index contributed by atoms with van der Waals surface area (Å²) < 4.78 is 6.82. The molecule has 1 aromatic heterocycles. The summed E-state index contributed by atoms with van der Waals surface area (Å²) in [6.07, 6.45) is -0.0895. The molecule has 3 aromatic carbocycles. The third-order valence-corrected chi connectivity index (χ3v) is 6.00. The summed E-state index contributed by atoms with van der Waals surface area (Å²) in [4.78, 5) is 19.2. The van der Waals surface area contributed by atoms with Gasteiger partial charge in [0.25, 0.3) is 0 Å². The van der Waals surface area contributed by atoms with E-state index in [9.17, 15) is 4.79 Å². The number of carbonyl (C=O) groups is 1. The van der Waals surface area contributed by atoms with Gasteiger partial charge in [-0.05, 0) is 35.4 Å². The summed E-state index contributed by atoms with van der Waals surface area (Å²) >= 11 is 1.67. The molecule has 0 unspecified atom stereocenters. The average Bonchev–Trinajstić information content (AvgIpc) is 3.14. The van der Waals surface area contributed by atoms with Crippen molar-refractivity contribution in [2.24, 2.45) is 0 Å². The second-order valence-electron chi connectivity index (χ2n) is 6.84. The zero-order valence-electron chi connectivity index (χ0n) is 15.1. The summed E-state index contributed by atoms with van der Waals surface area (Å²) in [6.45, 7) is 1.38. The van der Waals surface area contributed by atoms with Gasteiger partial charge in [-0.25, -0.2) is 9.78 Å². The average molecular weight is 386 g/mol. The van der Waals surface area contributed by atoms with Crippen molar-refractivity contribution >= 4 is 32.7 Å². The number of carbonyl (C=O) groups excluding carboxylic acids is 1. The second-order valence-corrected chi connectivity index (χ2v) is 7.85. The van der Waals surface area contributed by atoms with Crippen LogP contribution in [0.4, 0.5) is 5.13 Å². The summed E-state index contributed by atoms with van der Waals surface area (Å²) in [7, 11) is 0. The van der Waals surface area contributed by atoms with E-state index in [1.807, 2.05) is 60.7 Å². The van der Waals surface area contributed by atoms with E-state index in [2.05, 4.69) is 28.1 Å². The molecule has 0 amide bonds. The first-order chi connectivity index (χ1) is 13.8. The maximum absolute atomic E-state index is 12.4. The molecular weight excluding hydrogens is 368 g/mol. The monoisotopic (exact) mass is 386 g/mol. The Morgan fingerprint density at radius 1 is 0.893 bits per heavy atom. The highest BCUT2D eigenvalue weighted by molar-refractivity contribution is 7.22. The maximum atomic E-state index is 12.4. The molecule has 1 aliphatic heterocycles. The van der Waals surface area contributed by atoms with Crippen molar-refractivity contribution in [1.29, 1.82) is 0 Å². The molecule has 0 spiro atoms. The normalized spacial score (nSPS) is 14.1. The molecule has 1 saturated heterocycles. The Morgan fingerprint density at radius 3 is 2.32 bits per heavy atom. The molecule has 1 aliphatic rings. The fourth-order valence-electron chi connectivity index (χ4n) is 3.31. The van der Waals surface area contributed by atoms with Crippen LogP contribution in [0, 0.1) is 0 Å². The van der Waals surface area contributed by atoms with Crippen molar-refractivity contribution in [2.45, 2.75) is 6.10 Å². The number of thiazole rings is 1. The third kappa shape index (κ3) is 3.25. The number of esters is 1. The van der Waals surface area contributed by atoms with E-state index < -0.39 is 0 Å². The van der Waals surface area contributed by atoms with Gasteiger partial charge in [-0.15, -0.1) is 0 Å². The molecule has 0 radical (unpaired) electrons. The minimum Gasteiger partial charge on any atom is -0.455 e. The van der Waals surface area contributed by atoms with E-state index >= 15 is 0 Å². The number of aromatic nitrogens is 1. The first-order valence-electron chi connectivity index (χ1n) is 9.23. The number of hydrogen-bond donors (Lipinski definition) is 0. The van der Waals surface area contributed by atoms with Crippen LogP contribution < -0.4 is 4.90 Å². The maximum Gasteiger partial charge on any atom is 0.338 e. The van der Waals surface area contributed by atoms with Crippen LogP contribution >= 0.6 is 11.3 Å². The molecule has 4 nitrogen and oxygen atoms in total. The van der Waals surface area contributed by atoms with Gasteiger partial charge in [-0.3, -0.25) is 0 Å². The van der Waals surface area contributed by atoms with Crippen molar-refractivity contribution < 1.29 is 9.53 Å². The highest BCUT2D eigenvalue weighted by atomic mass is 32.1. The second kappa shape index (κ2) is 7.09. The van der Waals surface area contributed by atoms with Crippen LogP contribution in [0.2, 0.25) is 0 Å². The van der Waals surface area contributed by atoms with Crippen LogP contribution in [-0.4, -0.2) is 30.1 Å². The van der Waals surface area contributed by atoms with E-state index in [1.54, 1.807) is 11.3 Å². The molecule has 0 bridgehead atoms. The predicted octanol–water partition coefficient (Wildman–Crippen LogP) is 5.01. The highest BCUT2D eigenvalue weighted by Gasteiger charge is 2.32. The molecule has 28 heavy (non-hydrogen) atoms. The molecule has 4 aromatic rings. The standard InChI is InChI=1S/C23H18N2O2S/c26-22(18-12-10-17(11-13-18)16-6-2-1-3-7-16)27-19-14-25(15-19)23-24-20-8-4-5-9-21(20)28-23/h1-13,19H,14-15H2. The van der Waals surface area contributed by atoms with E-state index in [0.29, 0.717) is 18.7 Å². The van der Waals surface area contributed by atoms with Gasteiger partial charge in [-0.1, -0.05) is 65.9 Å². The van der Waals surface area contributed by atoms with Crippen molar-refractivity contribution in [2.75, 3.05) is 18.0 Å². The van der Waals surface area contributed by atoms with Gasteiger partial charge in [0.15, 0.2) is 5.13 Å². The van der Waals surface area contributed by atoms with Crippen LogP contribution in [0.15, 0.2) is 78.9 Å². The molecule has 2 heterocycles. The third-order valence-electron chi connectivity index (χ3n) is 4.90. The van der Waals surface area contributed by atoms with E-state index in [4.69, 9.17) is 4.74 Å². The van der Waals surface area contributed by atoms with Crippen LogP contribution in [0.25, 0.3) is 21.3 Å². The lowest BCUT2D eigenvalue weighted by molar-refractivity contribution is 0.0234. The van der Waals surface area contributed by atoms with Gasteiger partial charge < -0.3 is 9.64 Å². The van der Waals surface area contributed by atoms with Gasteiger partial charge in [0.2, 0.25) is 0 Å². The molecule has 0 N–H and O–H groups in total. The Kier molecular flexibility index (Phi) is 4.29. The largest absolute Gasteiger partial charge is 0.455 e. The Bertz CT molecular complexity index is 1080. The summed E-state index contributed by atoms with van der Waals surface area (Å²) in [5.74, 6) is -0.270. The Labute approximate surface area is 167 Å². The number of ether oxygens (including phenoxy) is 1. The Balaban J connectivity index is 1.20. The molecule has 138 valence electrons. The van der Waals surface area contributed by atoms with Gasteiger partial charge in [-0.2, -0.15) is 0 Å². The molecular formula is C23H18N2O2S. The number of para-hydroxylation sites is 1. The Morgan fingerprint density at radius 2 is 1.57 bits per heavy atom. The lowest BCUT2D eigenvalue weighted by Crippen LogP contribution is -2.53. The quantitative estimate of drug-likeness (QED) is 0.463. The first-order valence-corrected chi connectivity index (χ1v) is 10.0. The number of hydrogen-bond acceptors (Lipinski definition) is 5. The fourth-order valence-corrected chi connectivity index (χ4v) is 4.30. The lowest BCUT2D eigenvalue weighted by Gasteiger charge is -2.38. The highest BCUT2D eigenvalue weighted by Crippen LogP contribution is 2.32. The van der Waals surface area contributed by atoms with Crippen LogP contribution in [0.3, 0.4) is 0 Å². The number of benzene rings is 3. The predicted molar refractivity (Wildman–Crippen MR) is 113 cm³/mol. The van der Waals surface area contributed by atoms with Crippen LogP contribution in [0.5, 0.6) is 0 Å².